The molecule has 0 aromatic carbocycles. The van der Waals surface area contributed by atoms with Gasteiger partial charge in [-0.3, -0.25) is 4.79 Å². The number of rotatable bonds is 7. The van der Waals surface area contributed by atoms with Crippen molar-refractivity contribution in [3.8, 4) is 0 Å². The van der Waals surface area contributed by atoms with Gasteiger partial charge < -0.3 is 10.6 Å². The zero-order valence-corrected chi connectivity index (χ0v) is 12.3. The fraction of sp³-hybridized carbons (Fsp3) is 0.933. The molecule has 18 heavy (non-hydrogen) atoms. The maximum absolute atomic E-state index is 11.7. The minimum absolute atomic E-state index is 0.0812. The maximum atomic E-state index is 11.7. The molecule has 0 spiro atoms. The number of hydrogen-bond acceptors (Lipinski definition) is 2. The van der Waals surface area contributed by atoms with E-state index in [2.05, 4.69) is 31.4 Å². The summed E-state index contributed by atoms with van der Waals surface area (Å²) in [5.41, 5.74) is -0.0812. The van der Waals surface area contributed by atoms with Gasteiger partial charge in [-0.1, -0.05) is 39.0 Å². The number of nitrogens with one attached hydrogen (secondary N) is 2. The molecular formula is C15H30N2O. The zero-order valence-electron chi connectivity index (χ0n) is 12.3. The molecule has 0 aliphatic heterocycles. The zero-order chi connectivity index (χ0) is 13.4. The molecule has 0 radical (unpaired) electrons. The van der Waals surface area contributed by atoms with Crippen LogP contribution in [0.5, 0.6) is 0 Å². The van der Waals surface area contributed by atoms with Crippen molar-refractivity contribution in [1.82, 2.24) is 10.6 Å². The molecule has 2 N–H and O–H groups in total. The van der Waals surface area contributed by atoms with E-state index in [0.717, 1.165) is 18.9 Å². The van der Waals surface area contributed by atoms with E-state index in [-0.39, 0.29) is 11.4 Å². The van der Waals surface area contributed by atoms with Crippen molar-refractivity contribution in [2.45, 2.75) is 71.3 Å². The van der Waals surface area contributed by atoms with Crippen molar-refractivity contribution >= 4 is 5.91 Å². The van der Waals surface area contributed by atoms with Gasteiger partial charge in [0.1, 0.15) is 0 Å². The van der Waals surface area contributed by atoms with Gasteiger partial charge in [-0.25, -0.2) is 0 Å². The van der Waals surface area contributed by atoms with Gasteiger partial charge in [-0.15, -0.1) is 0 Å². The summed E-state index contributed by atoms with van der Waals surface area (Å²) in [5, 5.41) is 6.31. The summed E-state index contributed by atoms with van der Waals surface area (Å²) in [6, 6.07) is 0. The van der Waals surface area contributed by atoms with E-state index < -0.39 is 0 Å². The lowest BCUT2D eigenvalue weighted by molar-refractivity contribution is -0.121. The van der Waals surface area contributed by atoms with E-state index in [1.54, 1.807) is 0 Å². The second kappa shape index (κ2) is 7.78. The Labute approximate surface area is 112 Å². The highest BCUT2D eigenvalue weighted by molar-refractivity contribution is 5.78. The minimum atomic E-state index is -0.0812. The summed E-state index contributed by atoms with van der Waals surface area (Å²) in [6.45, 7) is 7.65. The molecule has 1 fully saturated rings. The molecule has 0 heterocycles. The Balaban J connectivity index is 2.04. The van der Waals surface area contributed by atoms with Crippen LogP contribution in [-0.4, -0.2) is 24.5 Å². The van der Waals surface area contributed by atoms with E-state index in [1.165, 1.54) is 38.5 Å². The summed E-state index contributed by atoms with van der Waals surface area (Å²) in [7, 11) is 0. The van der Waals surface area contributed by atoms with Crippen LogP contribution >= 0.6 is 0 Å². The second-order valence-corrected chi connectivity index (χ2v) is 6.26. The molecule has 0 bridgehead atoms. The van der Waals surface area contributed by atoms with E-state index >= 15 is 0 Å². The normalized spacial score (nSPS) is 17.7. The van der Waals surface area contributed by atoms with Gasteiger partial charge in [0.25, 0.3) is 0 Å². The van der Waals surface area contributed by atoms with Gasteiger partial charge in [0.05, 0.1) is 6.54 Å². The Hall–Kier alpha value is -0.570. The molecule has 1 saturated carbocycles. The summed E-state index contributed by atoms with van der Waals surface area (Å²) in [5.74, 6) is 1.01. The first-order valence-corrected chi connectivity index (χ1v) is 7.55. The van der Waals surface area contributed by atoms with Gasteiger partial charge in [0, 0.05) is 5.54 Å². The monoisotopic (exact) mass is 254 g/mol. The molecule has 1 aliphatic carbocycles. The van der Waals surface area contributed by atoms with Crippen LogP contribution in [0.2, 0.25) is 0 Å². The molecule has 1 aliphatic rings. The predicted molar refractivity (Wildman–Crippen MR) is 76.6 cm³/mol. The Morgan fingerprint density at radius 2 is 1.89 bits per heavy atom. The summed E-state index contributed by atoms with van der Waals surface area (Å²) in [6.07, 6.45) is 9.17. The first-order valence-electron chi connectivity index (χ1n) is 7.55. The fourth-order valence-corrected chi connectivity index (χ4v) is 2.49. The van der Waals surface area contributed by atoms with Crippen molar-refractivity contribution in [3.05, 3.63) is 0 Å². The molecule has 1 rings (SSSR count). The van der Waals surface area contributed by atoms with Gasteiger partial charge in [-0.2, -0.15) is 0 Å². The Morgan fingerprint density at radius 3 is 2.50 bits per heavy atom. The third-order valence-corrected chi connectivity index (χ3v) is 4.10. The topological polar surface area (TPSA) is 41.1 Å². The quantitative estimate of drug-likeness (QED) is 0.686. The molecule has 3 heteroatoms. The van der Waals surface area contributed by atoms with Crippen molar-refractivity contribution in [3.63, 3.8) is 0 Å². The van der Waals surface area contributed by atoms with E-state index in [9.17, 15) is 4.79 Å². The first kappa shape index (κ1) is 15.5. The van der Waals surface area contributed by atoms with Gasteiger partial charge in [0.15, 0.2) is 0 Å². The maximum Gasteiger partial charge on any atom is 0.234 e. The fourth-order valence-electron chi connectivity index (χ4n) is 2.49. The lowest BCUT2D eigenvalue weighted by Gasteiger charge is -2.25. The van der Waals surface area contributed by atoms with Crippen molar-refractivity contribution in [1.29, 1.82) is 0 Å². The molecular weight excluding hydrogens is 224 g/mol. The molecule has 1 amide bonds. The Morgan fingerprint density at radius 1 is 1.22 bits per heavy atom. The van der Waals surface area contributed by atoms with E-state index in [4.69, 9.17) is 0 Å². The summed E-state index contributed by atoms with van der Waals surface area (Å²) >= 11 is 0. The van der Waals surface area contributed by atoms with Gasteiger partial charge in [-0.05, 0) is 39.2 Å². The smallest absolute Gasteiger partial charge is 0.234 e. The molecule has 106 valence electrons. The Bertz CT molecular complexity index is 245. The minimum Gasteiger partial charge on any atom is -0.350 e. The van der Waals surface area contributed by atoms with Crippen LogP contribution in [0.4, 0.5) is 0 Å². The first-order chi connectivity index (χ1) is 8.53. The SMILES string of the molecule is CCC(C)(C)NC(=O)CNCCC1CCCCC1. The highest BCUT2D eigenvalue weighted by atomic mass is 16.2. The van der Waals surface area contributed by atoms with E-state index in [0.29, 0.717) is 6.54 Å². The van der Waals surface area contributed by atoms with Gasteiger partial charge in [0.2, 0.25) is 5.91 Å². The number of hydrogen-bond donors (Lipinski definition) is 2. The third kappa shape index (κ3) is 6.39. The predicted octanol–water partition coefficient (Wildman–Crippen LogP) is 2.85. The highest BCUT2D eigenvalue weighted by Crippen LogP contribution is 2.25. The number of carbonyl (C=O) groups is 1. The van der Waals surface area contributed by atoms with Gasteiger partial charge >= 0.3 is 0 Å². The van der Waals surface area contributed by atoms with Crippen LogP contribution in [0.15, 0.2) is 0 Å². The molecule has 3 nitrogen and oxygen atoms in total. The highest BCUT2D eigenvalue weighted by Gasteiger charge is 2.17. The summed E-state index contributed by atoms with van der Waals surface area (Å²) in [4.78, 5) is 11.7. The van der Waals surface area contributed by atoms with E-state index in [1.807, 2.05) is 0 Å². The number of carbonyl (C=O) groups excluding carboxylic acids is 1. The Kier molecular flexibility index (Phi) is 6.69. The third-order valence-electron chi connectivity index (χ3n) is 4.10. The molecule has 0 aromatic heterocycles. The average molecular weight is 254 g/mol. The lowest BCUT2D eigenvalue weighted by Crippen LogP contribution is -2.46. The van der Waals surface area contributed by atoms with Crippen LogP contribution < -0.4 is 10.6 Å². The van der Waals surface area contributed by atoms with Crippen molar-refractivity contribution in [2.75, 3.05) is 13.1 Å². The van der Waals surface area contributed by atoms with Crippen molar-refractivity contribution < 1.29 is 4.79 Å². The molecule has 0 atom stereocenters. The lowest BCUT2D eigenvalue weighted by atomic mass is 9.87. The molecule has 0 saturated heterocycles. The largest absolute Gasteiger partial charge is 0.350 e. The van der Waals surface area contributed by atoms with Crippen LogP contribution in [-0.2, 0) is 4.79 Å². The van der Waals surface area contributed by atoms with Crippen LogP contribution in [0.1, 0.15) is 65.7 Å². The van der Waals surface area contributed by atoms with Crippen LogP contribution in [0.3, 0.4) is 0 Å². The number of amides is 1. The van der Waals surface area contributed by atoms with Crippen molar-refractivity contribution in [2.24, 2.45) is 5.92 Å². The second-order valence-electron chi connectivity index (χ2n) is 6.26. The standard InChI is InChI=1S/C15H30N2O/c1-4-15(2,3)17-14(18)12-16-11-10-13-8-6-5-7-9-13/h13,16H,4-12H2,1-3H3,(H,17,18). The van der Waals surface area contributed by atoms with Crippen LogP contribution in [0.25, 0.3) is 0 Å². The average Bonchev–Trinajstić information content (AvgIpc) is 2.35. The molecule has 0 unspecified atom stereocenters. The summed E-state index contributed by atoms with van der Waals surface area (Å²) < 4.78 is 0. The molecule has 0 aromatic rings. The van der Waals surface area contributed by atoms with Crippen LogP contribution in [0, 0.1) is 5.92 Å².